The van der Waals surface area contributed by atoms with Gasteiger partial charge in [-0.25, -0.2) is 14.2 Å². The fourth-order valence-electron chi connectivity index (χ4n) is 10.6. The lowest BCUT2D eigenvalue weighted by molar-refractivity contribution is -0.135. The van der Waals surface area contributed by atoms with Crippen molar-refractivity contribution >= 4 is 58.4 Å². The van der Waals surface area contributed by atoms with Gasteiger partial charge >= 0.3 is 6.03 Å². The number of ketones is 1. The van der Waals surface area contributed by atoms with Gasteiger partial charge in [0.05, 0.1) is 107 Å². The third-order valence-corrected chi connectivity index (χ3v) is 15.6. The number of nitrogens with two attached hydrogens (primary N) is 1. The quantitative estimate of drug-likeness (QED) is 0.0525. The highest BCUT2D eigenvalue weighted by Crippen LogP contribution is 2.46. The highest BCUT2D eigenvalue weighted by atomic mass is 35.5. The molecule has 4 aromatic carbocycles. The van der Waals surface area contributed by atoms with E-state index in [0.717, 1.165) is 11.1 Å². The van der Waals surface area contributed by atoms with Gasteiger partial charge in [0, 0.05) is 73.3 Å². The lowest BCUT2D eigenvalue weighted by Gasteiger charge is -2.38. The van der Waals surface area contributed by atoms with E-state index in [0.29, 0.717) is 108 Å². The molecular weight excluding hydrogens is 1170 g/mol. The molecule has 5 heterocycles. The smallest absolute Gasteiger partial charge is 0.326 e. The van der Waals surface area contributed by atoms with E-state index in [4.69, 9.17) is 67.1 Å². The molecule has 0 unspecified atom stereocenters. The summed E-state index contributed by atoms with van der Waals surface area (Å²) in [6, 6.07) is 27.8. The lowest BCUT2D eigenvalue weighted by atomic mass is 9.93. The number of carbonyl (C=O) groups is 4. The number of nitrogens with zero attached hydrogens (tertiary/aromatic N) is 9. The molecule has 4 amide bonds. The minimum Gasteiger partial charge on any atom is -0.497 e. The summed E-state index contributed by atoms with van der Waals surface area (Å²) >= 11 is 12.7. The van der Waals surface area contributed by atoms with Crippen LogP contribution in [0, 0.1) is 17.1 Å². The highest BCUT2D eigenvalue weighted by Gasteiger charge is 2.46. The zero-order chi connectivity index (χ0) is 62.4. The number of aryl methyl sites for hydroxylation is 1. The van der Waals surface area contributed by atoms with E-state index >= 15 is 4.79 Å². The number of halogens is 3. The fraction of sp³-hybridized carbons (Fsp3) is 0.406. The van der Waals surface area contributed by atoms with Crippen molar-refractivity contribution in [2.24, 2.45) is 4.99 Å². The molecule has 88 heavy (non-hydrogen) atoms. The molecule has 21 nitrogen and oxygen atoms in total. The van der Waals surface area contributed by atoms with Crippen molar-refractivity contribution in [3.8, 4) is 34.7 Å². The van der Waals surface area contributed by atoms with Crippen molar-refractivity contribution in [1.82, 2.24) is 34.4 Å². The molecule has 2 bridgehead atoms. The zero-order valence-corrected chi connectivity index (χ0v) is 51.3. The maximum atomic E-state index is 15.1. The van der Waals surface area contributed by atoms with Gasteiger partial charge in [-0.05, 0) is 105 Å². The van der Waals surface area contributed by atoms with Crippen LogP contribution in [0.5, 0.6) is 17.4 Å². The summed E-state index contributed by atoms with van der Waals surface area (Å²) < 4.78 is 56.9. The standard InChI is InChI=1S/C64H71Cl2FN10O11/c1-40(2)87-56-36-48(82-5)17-19-50(56)61-71-59(42-8-12-44(65)13-9-42)60(43-10-14-45(66)15-11-43)77(61)64(81)75-25-24-74(57(79)39-75)26-28-84-30-32-86-34-33-85-31-29-83-27-22-47(78)7-6-23-76-55-38-73(4)63(80)49-18-16-46(67)35-51(49)41(3)88-62-52(69)20-21-53(70-62)58(55)54(37-68)72-76/h8-21,35-36,40-41,59-60H,6-7,22-34,38-39,69H2,1-5H3/t41-,59-,60+/m1/s1. The number of Topliss-reactive ketones (excluding diaryl/α,β-unsaturated/α-hetero) is 1. The summed E-state index contributed by atoms with van der Waals surface area (Å²) in [5, 5.41) is 15.9. The number of amidine groups is 1. The largest absolute Gasteiger partial charge is 0.497 e. The summed E-state index contributed by atoms with van der Waals surface area (Å²) in [5.41, 5.74) is 10.6. The number of methoxy groups -OCH3 is 1. The number of rotatable bonds is 25. The van der Waals surface area contributed by atoms with E-state index in [2.05, 4.69) is 16.2 Å². The molecule has 2 N–H and O–H groups in total. The molecular formula is C64H71Cl2FN10O11. The number of hydrogen-bond acceptors (Lipinski definition) is 16. The van der Waals surface area contributed by atoms with Crippen LogP contribution in [0.1, 0.15) is 102 Å². The number of anilines is 1. The molecule has 0 spiro atoms. The molecule has 6 aromatic rings. The van der Waals surface area contributed by atoms with Gasteiger partial charge in [-0.3, -0.25) is 29.0 Å². The van der Waals surface area contributed by atoms with Crippen LogP contribution in [0.3, 0.4) is 0 Å². The zero-order valence-electron chi connectivity index (χ0n) is 49.8. The number of hydrogen-bond donors (Lipinski definition) is 1. The molecule has 3 aliphatic heterocycles. The topological polar surface area (TPSA) is 239 Å². The van der Waals surface area contributed by atoms with Crippen LogP contribution in [0.25, 0.3) is 11.3 Å². The lowest BCUT2D eigenvalue weighted by Crippen LogP contribution is -2.56. The molecule has 3 aliphatic rings. The monoisotopic (exact) mass is 1240 g/mol. The molecule has 1 saturated heterocycles. The highest BCUT2D eigenvalue weighted by molar-refractivity contribution is 6.30. The fourth-order valence-corrected chi connectivity index (χ4v) is 10.9. The van der Waals surface area contributed by atoms with Crippen LogP contribution in [0.15, 0.2) is 102 Å². The summed E-state index contributed by atoms with van der Waals surface area (Å²) in [5.74, 6) is 0.350. The summed E-state index contributed by atoms with van der Waals surface area (Å²) in [4.78, 5) is 71.9. The Morgan fingerprint density at radius 2 is 1.47 bits per heavy atom. The van der Waals surface area contributed by atoms with Crippen LogP contribution in [0.2, 0.25) is 10.0 Å². The van der Waals surface area contributed by atoms with E-state index in [1.54, 1.807) is 89.0 Å². The van der Waals surface area contributed by atoms with Crippen LogP contribution in [0.4, 0.5) is 14.9 Å². The van der Waals surface area contributed by atoms with Crippen molar-refractivity contribution in [1.29, 1.82) is 5.26 Å². The number of nitrogen functional groups attached to an aromatic ring is 1. The van der Waals surface area contributed by atoms with Crippen LogP contribution in [-0.4, -0.2) is 163 Å². The van der Waals surface area contributed by atoms with E-state index in [1.165, 1.54) is 23.1 Å². The van der Waals surface area contributed by atoms with E-state index in [9.17, 15) is 24.0 Å². The first-order valence-corrected chi connectivity index (χ1v) is 29.9. The minimum atomic E-state index is -0.790. The first-order chi connectivity index (χ1) is 42.5. The number of pyridine rings is 1. The SMILES string of the molecule is COc1ccc(C2=N[C@H](c3ccc(Cl)cc3)[C@H](c3ccc(Cl)cc3)N2C(=O)N2CCN(CCOCCOCCOCCOCCC(=O)CCCn3nc(C#N)c4c3CN(C)C(=O)c3ccc(F)cc3[C@@H](C)Oc3nc-4ccc3N)C(=O)C2)c(OC(C)C)c1. The molecule has 0 saturated carbocycles. The molecule has 1 fully saturated rings. The third-order valence-electron chi connectivity index (χ3n) is 15.1. The van der Waals surface area contributed by atoms with Crippen LogP contribution in [-0.2, 0) is 41.6 Å². The molecule has 0 aliphatic carbocycles. The Bertz CT molecular complexity index is 3530. The van der Waals surface area contributed by atoms with Gasteiger partial charge in [-0.2, -0.15) is 10.4 Å². The number of urea groups is 1. The number of benzene rings is 4. The van der Waals surface area contributed by atoms with Gasteiger partial charge in [-0.1, -0.05) is 47.5 Å². The van der Waals surface area contributed by atoms with Crippen LogP contribution < -0.4 is 19.9 Å². The van der Waals surface area contributed by atoms with E-state index < -0.39 is 29.9 Å². The Morgan fingerprint density at radius 3 is 2.12 bits per heavy atom. The number of piperazine rings is 1. The van der Waals surface area contributed by atoms with Crippen molar-refractivity contribution in [2.75, 3.05) is 98.9 Å². The molecule has 24 heteroatoms. The minimum absolute atomic E-state index is 0.0176. The Hall–Kier alpha value is -8.17. The molecule has 3 atom stereocenters. The number of fused-ring (bicyclic) bond motifs is 5. The van der Waals surface area contributed by atoms with Crippen molar-refractivity contribution in [2.45, 2.75) is 77.4 Å². The van der Waals surface area contributed by atoms with Gasteiger partial charge in [0.25, 0.3) is 5.91 Å². The maximum Gasteiger partial charge on any atom is 0.326 e. The second-order valence-corrected chi connectivity index (χ2v) is 22.4. The average molecular weight is 1250 g/mol. The van der Waals surface area contributed by atoms with Crippen molar-refractivity contribution in [3.05, 3.63) is 152 Å². The van der Waals surface area contributed by atoms with Gasteiger partial charge < -0.3 is 53.6 Å². The summed E-state index contributed by atoms with van der Waals surface area (Å²) in [6.07, 6.45) is -0.182. The van der Waals surface area contributed by atoms with Crippen molar-refractivity contribution in [3.63, 3.8) is 0 Å². The number of carbonyl (C=O) groups excluding carboxylic acids is 4. The number of nitriles is 1. The number of aromatic nitrogens is 3. The molecule has 9 rings (SSSR count). The predicted molar refractivity (Wildman–Crippen MR) is 327 cm³/mol. The Kier molecular flexibility index (Phi) is 22.0. The molecule has 0 radical (unpaired) electrons. The molecule has 2 aromatic heterocycles. The van der Waals surface area contributed by atoms with Gasteiger partial charge in [0.15, 0.2) is 5.69 Å². The maximum absolute atomic E-state index is 15.1. The predicted octanol–water partition coefficient (Wildman–Crippen LogP) is 9.68. The first kappa shape index (κ1) is 64.3. The Balaban J connectivity index is 0.678. The van der Waals surface area contributed by atoms with Gasteiger partial charge in [-0.15, -0.1) is 0 Å². The third kappa shape index (κ3) is 15.7. The summed E-state index contributed by atoms with van der Waals surface area (Å²) in [6.45, 7) is 8.91. The van der Waals surface area contributed by atoms with E-state index in [1.807, 2.05) is 44.2 Å². The number of ether oxygens (including phenoxy) is 7. The number of amides is 4. The van der Waals surface area contributed by atoms with Gasteiger partial charge in [0.2, 0.25) is 11.8 Å². The molecule has 464 valence electrons. The summed E-state index contributed by atoms with van der Waals surface area (Å²) in [7, 11) is 3.18. The Labute approximate surface area is 520 Å². The van der Waals surface area contributed by atoms with Crippen LogP contribution >= 0.6 is 23.2 Å². The number of aliphatic imine (C=N–C) groups is 1. The second-order valence-electron chi connectivity index (χ2n) is 21.5. The Morgan fingerprint density at radius 1 is 0.807 bits per heavy atom. The first-order valence-electron chi connectivity index (χ1n) is 29.1. The second kappa shape index (κ2) is 30.2. The van der Waals surface area contributed by atoms with E-state index in [-0.39, 0.29) is 105 Å². The van der Waals surface area contributed by atoms with Gasteiger partial charge in [0.1, 0.15) is 53.7 Å². The normalized spacial score (nSPS) is 16.8. The average Bonchev–Trinajstić information content (AvgIpc) is 2.05. The van der Waals surface area contributed by atoms with Crippen molar-refractivity contribution < 1.29 is 56.7 Å².